The van der Waals surface area contributed by atoms with Gasteiger partial charge in [-0.3, -0.25) is 4.79 Å². The van der Waals surface area contributed by atoms with E-state index in [0.29, 0.717) is 24.0 Å². The minimum absolute atomic E-state index is 0.103. The van der Waals surface area contributed by atoms with Crippen molar-refractivity contribution in [3.05, 3.63) is 58.9 Å². The average molecular weight is 356 g/mol. The molecule has 0 bridgehead atoms. The average Bonchev–Trinajstić information content (AvgIpc) is 3.13. The highest BCUT2D eigenvalue weighted by Gasteiger charge is 2.45. The van der Waals surface area contributed by atoms with E-state index in [2.05, 4.69) is 36.4 Å². The van der Waals surface area contributed by atoms with E-state index in [-0.39, 0.29) is 23.3 Å². The Kier molecular flexibility index (Phi) is 5.61. The quantitative estimate of drug-likeness (QED) is 0.831. The van der Waals surface area contributed by atoms with E-state index < -0.39 is 0 Å². The van der Waals surface area contributed by atoms with Crippen molar-refractivity contribution in [1.29, 1.82) is 0 Å². The van der Waals surface area contributed by atoms with Gasteiger partial charge in [-0.15, -0.1) is 0 Å². The van der Waals surface area contributed by atoms with E-state index in [1.165, 1.54) is 0 Å². The van der Waals surface area contributed by atoms with Gasteiger partial charge < -0.3 is 10.2 Å². The second-order valence-corrected chi connectivity index (χ2v) is 7.72. The third-order valence-corrected chi connectivity index (χ3v) is 6.11. The van der Waals surface area contributed by atoms with Gasteiger partial charge in [0.15, 0.2) is 0 Å². The third-order valence-electron chi connectivity index (χ3n) is 6.11. The van der Waals surface area contributed by atoms with Crippen LogP contribution in [0, 0.1) is 0 Å². The summed E-state index contributed by atoms with van der Waals surface area (Å²) < 4.78 is 14.0. The fourth-order valence-corrected chi connectivity index (χ4v) is 4.48. The van der Waals surface area contributed by atoms with Gasteiger partial charge in [0.05, 0.1) is 6.04 Å². The van der Waals surface area contributed by atoms with Crippen molar-refractivity contribution >= 4 is 5.91 Å². The van der Waals surface area contributed by atoms with E-state index in [1.54, 1.807) is 13.0 Å². The lowest BCUT2D eigenvalue weighted by Crippen LogP contribution is -2.53. The van der Waals surface area contributed by atoms with Crippen LogP contribution in [0.15, 0.2) is 53.4 Å². The highest BCUT2D eigenvalue weighted by Crippen LogP contribution is 2.43. The maximum atomic E-state index is 14.0. The molecule has 4 heteroatoms. The van der Waals surface area contributed by atoms with Gasteiger partial charge in [0.25, 0.3) is 0 Å². The molecular formula is C22H29FN2O. The maximum absolute atomic E-state index is 14.0. The molecule has 140 valence electrons. The summed E-state index contributed by atoms with van der Waals surface area (Å²) in [6.07, 6.45) is 7.17. The second kappa shape index (κ2) is 7.75. The molecule has 1 aromatic carbocycles. The molecule has 1 aromatic rings. The predicted molar refractivity (Wildman–Crippen MR) is 103 cm³/mol. The topological polar surface area (TPSA) is 32.3 Å². The van der Waals surface area contributed by atoms with Gasteiger partial charge in [-0.05, 0) is 63.9 Å². The summed E-state index contributed by atoms with van der Waals surface area (Å²) in [4.78, 5) is 15.3. The van der Waals surface area contributed by atoms with Gasteiger partial charge in [0, 0.05) is 11.1 Å². The number of hydrogen-bond acceptors (Lipinski definition) is 2. The highest BCUT2D eigenvalue weighted by atomic mass is 19.1. The fourth-order valence-electron chi connectivity index (χ4n) is 4.48. The first-order valence-electron chi connectivity index (χ1n) is 9.55. The number of nitrogens with one attached hydrogen (secondary N) is 1. The van der Waals surface area contributed by atoms with Crippen LogP contribution in [0.4, 0.5) is 4.39 Å². The number of allylic oxidation sites excluding steroid dienone is 3. The molecule has 2 aliphatic carbocycles. The standard InChI is InChI=1S/C22H29FN2O/c1-16-18(12-9-13-19(16)23)21(26)24-20(17-10-5-4-6-11-17)22(25(2)3)14-7-8-15-22/h4-6,10-11,13,20H,7-9,12,14-15H2,1-3H3,(H,24,26). The molecule has 1 atom stereocenters. The molecule has 26 heavy (non-hydrogen) atoms. The van der Waals surface area contributed by atoms with Crippen molar-refractivity contribution in [1.82, 2.24) is 10.2 Å². The summed E-state index contributed by atoms with van der Waals surface area (Å²) in [7, 11) is 4.20. The normalized spacial score (nSPS) is 20.9. The minimum atomic E-state index is -0.263. The molecular weight excluding hydrogens is 327 g/mol. The lowest BCUT2D eigenvalue weighted by molar-refractivity contribution is -0.119. The van der Waals surface area contributed by atoms with Crippen molar-refractivity contribution in [2.24, 2.45) is 0 Å². The number of carbonyl (C=O) groups is 1. The van der Waals surface area contributed by atoms with Crippen molar-refractivity contribution in [3.8, 4) is 0 Å². The SMILES string of the molecule is CC1=C(C(=O)NC(c2ccccc2)C2(N(C)C)CCCC2)CCC=C1F. The summed E-state index contributed by atoms with van der Waals surface area (Å²) in [5, 5.41) is 3.29. The molecule has 1 amide bonds. The summed E-state index contributed by atoms with van der Waals surface area (Å²) in [5.41, 5.74) is 2.07. The minimum Gasteiger partial charge on any atom is -0.344 e. The molecule has 0 heterocycles. The first-order chi connectivity index (χ1) is 12.5. The number of nitrogens with zero attached hydrogens (tertiary/aromatic N) is 1. The molecule has 1 N–H and O–H groups in total. The summed E-state index contributed by atoms with van der Waals surface area (Å²) >= 11 is 0. The number of carbonyl (C=O) groups excluding carboxylic acids is 1. The molecule has 0 aromatic heterocycles. The Balaban J connectivity index is 1.96. The van der Waals surface area contributed by atoms with Crippen LogP contribution in [-0.2, 0) is 4.79 Å². The smallest absolute Gasteiger partial charge is 0.248 e. The van der Waals surface area contributed by atoms with Gasteiger partial charge in [0.1, 0.15) is 5.83 Å². The van der Waals surface area contributed by atoms with Gasteiger partial charge in [-0.2, -0.15) is 0 Å². The Morgan fingerprint density at radius 3 is 2.46 bits per heavy atom. The van der Waals surface area contributed by atoms with Crippen molar-refractivity contribution in [2.45, 2.75) is 57.0 Å². The Bertz CT molecular complexity index is 715. The largest absolute Gasteiger partial charge is 0.344 e. The van der Waals surface area contributed by atoms with Crippen LogP contribution >= 0.6 is 0 Å². The van der Waals surface area contributed by atoms with Crippen LogP contribution in [0.1, 0.15) is 57.1 Å². The van der Waals surface area contributed by atoms with Crippen LogP contribution in [0.25, 0.3) is 0 Å². The van der Waals surface area contributed by atoms with Crippen LogP contribution in [0.2, 0.25) is 0 Å². The first-order valence-corrected chi connectivity index (χ1v) is 9.55. The van der Waals surface area contributed by atoms with Crippen LogP contribution < -0.4 is 5.32 Å². The van der Waals surface area contributed by atoms with E-state index in [4.69, 9.17) is 0 Å². The van der Waals surface area contributed by atoms with Gasteiger partial charge in [-0.25, -0.2) is 4.39 Å². The number of amides is 1. The zero-order valence-corrected chi connectivity index (χ0v) is 16.0. The lowest BCUT2D eigenvalue weighted by atomic mass is 9.82. The Labute approximate surface area is 156 Å². The number of likely N-dealkylation sites (N-methyl/N-ethyl adjacent to an activating group) is 1. The van der Waals surface area contributed by atoms with E-state index in [9.17, 15) is 9.18 Å². The number of hydrogen-bond donors (Lipinski definition) is 1. The summed E-state index contributed by atoms with van der Waals surface area (Å²) in [6.45, 7) is 1.70. The molecule has 2 aliphatic rings. The van der Waals surface area contributed by atoms with E-state index in [1.807, 2.05) is 18.2 Å². The molecule has 1 unspecified atom stereocenters. The second-order valence-electron chi connectivity index (χ2n) is 7.72. The number of benzene rings is 1. The molecule has 0 saturated heterocycles. The molecule has 0 spiro atoms. The maximum Gasteiger partial charge on any atom is 0.248 e. The van der Waals surface area contributed by atoms with Crippen molar-refractivity contribution in [2.75, 3.05) is 14.1 Å². The lowest BCUT2D eigenvalue weighted by Gasteiger charge is -2.44. The van der Waals surface area contributed by atoms with Gasteiger partial charge >= 0.3 is 0 Å². The Hall–Kier alpha value is -1.94. The van der Waals surface area contributed by atoms with Crippen LogP contribution in [0.5, 0.6) is 0 Å². The third kappa shape index (κ3) is 3.48. The molecule has 3 rings (SSSR count). The monoisotopic (exact) mass is 356 g/mol. The summed E-state index contributed by atoms with van der Waals surface area (Å²) in [6, 6.07) is 10.1. The Morgan fingerprint density at radius 1 is 1.19 bits per heavy atom. The molecule has 1 saturated carbocycles. The van der Waals surface area contributed by atoms with Crippen LogP contribution in [-0.4, -0.2) is 30.4 Å². The van der Waals surface area contributed by atoms with E-state index in [0.717, 1.165) is 31.2 Å². The molecule has 0 aliphatic heterocycles. The van der Waals surface area contributed by atoms with Crippen molar-refractivity contribution in [3.63, 3.8) is 0 Å². The fraction of sp³-hybridized carbons (Fsp3) is 0.500. The van der Waals surface area contributed by atoms with Crippen LogP contribution in [0.3, 0.4) is 0 Å². The zero-order chi connectivity index (χ0) is 18.7. The molecule has 1 fully saturated rings. The van der Waals surface area contributed by atoms with Gasteiger partial charge in [-0.1, -0.05) is 43.2 Å². The van der Waals surface area contributed by atoms with Crippen molar-refractivity contribution < 1.29 is 9.18 Å². The molecule has 0 radical (unpaired) electrons. The highest BCUT2D eigenvalue weighted by molar-refractivity contribution is 5.95. The van der Waals surface area contributed by atoms with Gasteiger partial charge in [0.2, 0.25) is 5.91 Å². The predicted octanol–water partition coefficient (Wildman–Crippen LogP) is 4.68. The first kappa shape index (κ1) is 18.8. The number of halogens is 1. The summed E-state index contributed by atoms with van der Waals surface area (Å²) in [5.74, 6) is -0.395. The zero-order valence-electron chi connectivity index (χ0n) is 16.0. The number of rotatable bonds is 5. The molecule has 3 nitrogen and oxygen atoms in total. The van der Waals surface area contributed by atoms with E-state index >= 15 is 0 Å². The Morgan fingerprint density at radius 2 is 1.85 bits per heavy atom.